The highest BCUT2D eigenvalue weighted by molar-refractivity contribution is 7.92. The molecule has 6 nitrogen and oxygen atoms in total. The third-order valence-corrected chi connectivity index (χ3v) is 4.22. The maximum absolute atomic E-state index is 12.3. The minimum atomic E-state index is -3.67. The van der Waals surface area contributed by atoms with E-state index in [9.17, 15) is 8.42 Å². The molecule has 2 rings (SSSR count). The second kappa shape index (κ2) is 6.55. The molecule has 0 aliphatic rings. The van der Waals surface area contributed by atoms with Crippen LogP contribution in [0.5, 0.6) is 0 Å². The minimum Gasteiger partial charge on any atom is -0.380 e. The highest BCUT2D eigenvalue weighted by Gasteiger charge is 2.16. The van der Waals surface area contributed by atoms with Gasteiger partial charge in [-0.2, -0.15) is 0 Å². The predicted octanol–water partition coefficient (Wildman–Crippen LogP) is 2.07. The first-order valence-electron chi connectivity index (χ1n) is 6.30. The van der Waals surface area contributed by atoms with Gasteiger partial charge in [0.05, 0.1) is 12.3 Å². The Balaban J connectivity index is 2.28. The van der Waals surface area contributed by atoms with Crippen molar-refractivity contribution in [3.8, 4) is 0 Å². The molecular formula is C14H17N3O3S. The molecule has 0 saturated heterocycles. The van der Waals surface area contributed by atoms with E-state index in [1.165, 1.54) is 12.3 Å². The predicted molar refractivity (Wildman–Crippen MR) is 81.7 cm³/mol. The van der Waals surface area contributed by atoms with Gasteiger partial charge in [0.25, 0.3) is 10.0 Å². The van der Waals surface area contributed by atoms with Gasteiger partial charge in [0.1, 0.15) is 10.7 Å². The number of pyridine rings is 1. The van der Waals surface area contributed by atoms with E-state index in [4.69, 9.17) is 4.74 Å². The van der Waals surface area contributed by atoms with E-state index in [0.717, 1.165) is 5.56 Å². The molecule has 0 unspecified atom stereocenters. The van der Waals surface area contributed by atoms with Gasteiger partial charge in [0, 0.05) is 25.9 Å². The third kappa shape index (κ3) is 3.71. The quantitative estimate of drug-likeness (QED) is 0.854. The fourth-order valence-corrected chi connectivity index (χ4v) is 2.84. The van der Waals surface area contributed by atoms with Gasteiger partial charge < -0.3 is 10.1 Å². The number of nitrogens with one attached hydrogen (secondary N) is 2. The van der Waals surface area contributed by atoms with Crippen LogP contribution in [0.15, 0.2) is 47.5 Å². The first-order valence-corrected chi connectivity index (χ1v) is 7.78. The highest BCUT2D eigenvalue weighted by atomic mass is 32.2. The summed E-state index contributed by atoms with van der Waals surface area (Å²) in [6.45, 7) is 0.329. The van der Waals surface area contributed by atoms with E-state index in [1.54, 1.807) is 32.4 Å². The summed E-state index contributed by atoms with van der Waals surface area (Å²) in [6, 6.07) is 10.2. The van der Waals surface area contributed by atoms with Crippen LogP contribution >= 0.6 is 0 Å². The average molecular weight is 307 g/mol. The molecule has 0 radical (unpaired) electrons. The van der Waals surface area contributed by atoms with Gasteiger partial charge in [-0.25, -0.2) is 13.4 Å². The van der Waals surface area contributed by atoms with E-state index in [2.05, 4.69) is 15.0 Å². The molecule has 1 aromatic heterocycles. The van der Waals surface area contributed by atoms with Crippen LogP contribution in [0.2, 0.25) is 0 Å². The topological polar surface area (TPSA) is 80.3 Å². The first-order chi connectivity index (χ1) is 10.1. The largest absolute Gasteiger partial charge is 0.380 e. The number of anilines is 2. The molecule has 0 fully saturated rings. The van der Waals surface area contributed by atoms with E-state index >= 15 is 0 Å². The van der Waals surface area contributed by atoms with Crippen molar-refractivity contribution >= 4 is 21.5 Å². The van der Waals surface area contributed by atoms with Crippen molar-refractivity contribution in [2.75, 3.05) is 24.2 Å². The second-order valence-electron chi connectivity index (χ2n) is 4.32. The summed E-state index contributed by atoms with van der Waals surface area (Å²) in [5, 5.41) is 2.84. The summed E-state index contributed by atoms with van der Waals surface area (Å²) < 4.78 is 32.3. The number of hydrogen-bond acceptors (Lipinski definition) is 5. The van der Waals surface area contributed by atoms with Gasteiger partial charge in [0.2, 0.25) is 0 Å². The lowest BCUT2D eigenvalue weighted by atomic mass is 10.2. The Morgan fingerprint density at radius 2 is 1.95 bits per heavy atom. The maximum Gasteiger partial charge on any atom is 0.263 e. The van der Waals surface area contributed by atoms with Crippen molar-refractivity contribution in [2.45, 2.75) is 11.5 Å². The van der Waals surface area contributed by atoms with Gasteiger partial charge in [-0.15, -0.1) is 0 Å². The average Bonchev–Trinajstić information content (AvgIpc) is 2.49. The molecule has 21 heavy (non-hydrogen) atoms. The van der Waals surface area contributed by atoms with Crippen LogP contribution < -0.4 is 10.0 Å². The van der Waals surface area contributed by atoms with Crippen molar-refractivity contribution in [1.82, 2.24) is 4.98 Å². The molecule has 7 heteroatoms. The minimum absolute atomic E-state index is 0.105. The zero-order chi connectivity index (χ0) is 15.3. The van der Waals surface area contributed by atoms with Crippen molar-refractivity contribution < 1.29 is 13.2 Å². The van der Waals surface area contributed by atoms with Crippen molar-refractivity contribution in [3.63, 3.8) is 0 Å². The molecule has 2 N–H and O–H groups in total. The summed E-state index contributed by atoms with van der Waals surface area (Å²) in [6.07, 6.45) is 1.31. The van der Waals surface area contributed by atoms with E-state index in [1.807, 2.05) is 12.1 Å². The molecule has 0 saturated carbocycles. The number of hydrogen-bond donors (Lipinski definition) is 2. The molecule has 0 aliphatic heterocycles. The molecule has 0 atom stereocenters. The molecule has 1 aromatic carbocycles. The summed E-state index contributed by atoms with van der Waals surface area (Å²) in [4.78, 5) is 4.11. The van der Waals surface area contributed by atoms with Crippen LogP contribution in [0.4, 0.5) is 11.5 Å². The Kier molecular flexibility index (Phi) is 4.77. The van der Waals surface area contributed by atoms with E-state index in [0.29, 0.717) is 18.1 Å². The fraction of sp³-hybridized carbons (Fsp3) is 0.214. The molecular weight excluding hydrogens is 290 g/mol. The van der Waals surface area contributed by atoms with Crippen LogP contribution in [-0.4, -0.2) is 27.6 Å². The van der Waals surface area contributed by atoms with E-state index in [-0.39, 0.29) is 4.90 Å². The van der Waals surface area contributed by atoms with Crippen LogP contribution in [0.3, 0.4) is 0 Å². The number of rotatable bonds is 6. The van der Waals surface area contributed by atoms with Gasteiger partial charge in [-0.1, -0.05) is 18.2 Å². The molecule has 0 aliphatic carbocycles. The summed E-state index contributed by atoms with van der Waals surface area (Å²) >= 11 is 0. The zero-order valence-corrected chi connectivity index (χ0v) is 12.6. The number of sulfonamides is 1. The highest BCUT2D eigenvalue weighted by Crippen LogP contribution is 2.20. The Labute approximate surface area is 124 Å². The molecule has 112 valence electrons. The molecule has 0 spiro atoms. The molecule has 1 heterocycles. The summed E-state index contributed by atoms with van der Waals surface area (Å²) in [7, 11) is -0.396. The molecule has 0 bridgehead atoms. The Morgan fingerprint density at radius 1 is 1.19 bits per heavy atom. The second-order valence-corrected chi connectivity index (χ2v) is 6.01. The maximum atomic E-state index is 12.3. The number of methoxy groups -OCH3 is 1. The Bertz CT molecular complexity index is 700. The van der Waals surface area contributed by atoms with Gasteiger partial charge >= 0.3 is 0 Å². The number of nitrogens with zero attached hydrogens (tertiary/aromatic N) is 1. The first kappa shape index (κ1) is 15.3. The van der Waals surface area contributed by atoms with Crippen LogP contribution in [0, 0.1) is 0 Å². The normalized spacial score (nSPS) is 11.1. The fourth-order valence-electron chi connectivity index (χ4n) is 1.79. The lowest BCUT2D eigenvalue weighted by Crippen LogP contribution is -2.14. The van der Waals surface area contributed by atoms with Crippen LogP contribution in [-0.2, 0) is 21.4 Å². The number of para-hydroxylation sites is 1. The lowest BCUT2D eigenvalue weighted by Gasteiger charge is -2.12. The number of benzene rings is 1. The van der Waals surface area contributed by atoms with Gasteiger partial charge in [-0.3, -0.25) is 4.72 Å². The number of aromatic nitrogens is 1. The van der Waals surface area contributed by atoms with Crippen molar-refractivity contribution in [2.24, 2.45) is 0 Å². The summed E-state index contributed by atoms with van der Waals surface area (Å²) in [5.74, 6) is 0.605. The molecule has 2 aromatic rings. The van der Waals surface area contributed by atoms with Crippen LogP contribution in [0.1, 0.15) is 5.56 Å². The smallest absolute Gasteiger partial charge is 0.263 e. The Morgan fingerprint density at radius 3 is 2.57 bits per heavy atom. The summed E-state index contributed by atoms with van der Waals surface area (Å²) in [5.41, 5.74) is 1.26. The Hall–Kier alpha value is -2.12. The van der Waals surface area contributed by atoms with Gasteiger partial charge in [-0.05, 0) is 18.2 Å². The molecule has 0 amide bonds. The number of ether oxygens (including phenoxy) is 1. The van der Waals surface area contributed by atoms with E-state index < -0.39 is 10.0 Å². The van der Waals surface area contributed by atoms with Crippen LogP contribution in [0.25, 0.3) is 0 Å². The standard InChI is InChI=1S/C14H17N3O3S/c1-15-14-8-7-12(9-16-14)21(18,19)17-13-6-4-3-5-11(13)10-20-2/h3-9,17H,10H2,1-2H3,(H,15,16). The van der Waals surface area contributed by atoms with Gasteiger partial charge in [0.15, 0.2) is 0 Å². The monoisotopic (exact) mass is 307 g/mol. The third-order valence-electron chi connectivity index (χ3n) is 2.86. The zero-order valence-electron chi connectivity index (χ0n) is 11.8. The van der Waals surface area contributed by atoms with Crippen molar-refractivity contribution in [3.05, 3.63) is 48.2 Å². The van der Waals surface area contributed by atoms with Crippen molar-refractivity contribution in [1.29, 1.82) is 0 Å². The lowest BCUT2D eigenvalue weighted by molar-refractivity contribution is 0.185. The SMILES string of the molecule is CNc1ccc(S(=O)(=O)Nc2ccccc2COC)cn1.